The number of pyridine rings is 2. The van der Waals surface area contributed by atoms with Gasteiger partial charge in [-0.3, -0.25) is 14.8 Å². The molecule has 1 saturated carbocycles. The zero-order valence-electron chi connectivity index (χ0n) is 19.6. The molecule has 0 saturated heterocycles. The smallest absolute Gasteiger partial charge is 0.257 e. The van der Waals surface area contributed by atoms with E-state index in [2.05, 4.69) is 15.3 Å². The first-order valence-corrected chi connectivity index (χ1v) is 11.4. The molecule has 2 heterocycles. The number of anilines is 1. The second-order valence-electron chi connectivity index (χ2n) is 9.44. The van der Waals surface area contributed by atoms with E-state index in [1.807, 2.05) is 0 Å². The van der Waals surface area contributed by atoms with Crippen molar-refractivity contribution in [2.45, 2.75) is 57.0 Å². The first-order valence-electron chi connectivity index (χ1n) is 11.4. The monoisotopic (exact) mass is 505 g/mol. The van der Waals surface area contributed by atoms with E-state index < -0.39 is 40.8 Å². The Morgan fingerprint density at radius 3 is 2.36 bits per heavy atom. The van der Waals surface area contributed by atoms with Gasteiger partial charge in [0.05, 0.1) is 16.9 Å². The van der Waals surface area contributed by atoms with E-state index in [0.717, 1.165) is 30.5 Å². The van der Waals surface area contributed by atoms with Gasteiger partial charge in [0.2, 0.25) is 5.92 Å². The minimum atomic E-state index is -2.81. The highest BCUT2D eigenvalue weighted by Gasteiger charge is 2.37. The molecule has 0 unspecified atom stereocenters. The summed E-state index contributed by atoms with van der Waals surface area (Å²) in [6.07, 6.45) is 1.82. The van der Waals surface area contributed by atoms with Crippen LogP contribution in [-0.2, 0) is 5.60 Å². The van der Waals surface area contributed by atoms with Crippen molar-refractivity contribution >= 4 is 11.6 Å². The van der Waals surface area contributed by atoms with Crippen LogP contribution in [0.2, 0.25) is 0 Å². The van der Waals surface area contributed by atoms with Crippen molar-refractivity contribution < 1.29 is 31.9 Å². The molecule has 1 aromatic carbocycles. The van der Waals surface area contributed by atoms with Gasteiger partial charge in [-0.05, 0) is 57.0 Å². The highest BCUT2D eigenvalue weighted by Crippen LogP contribution is 2.44. The largest absolute Gasteiger partial charge is 0.384 e. The zero-order valence-corrected chi connectivity index (χ0v) is 19.6. The van der Waals surface area contributed by atoms with Crippen LogP contribution in [-0.4, -0.2) is 26.9 Å². The van der Waals surface area contributed by atoms with E-state index >= 15 is 0 Å². The standard InChI is InChI=1S/C26H24F5N3O2/c1-25(2,36)23-20(29)11-15(13-33-23)24(35)34-22-17(18-12-16(27)3-4-19(18)28)7-10-32-21(22)14-5-8-26(30,31)9-6-14/h3-4,7,10-14,36H,5-6,8-9H2,1-2H3,(H,34,35). The molecule has 4 rings (SSSR count). The molecule has 190 valence electrons. The number of hydrogen-bond donors (Lipinski definition) is 2. The summed E-state index contributed by atoms with van der Waals surface area (Å²) < 4.78 is 70.8. The van der Waals surface area contributed by atoms with Crippen molar-refractivity contribution in [1.82, 2.24) is 9.97 Å². The average Bonchev–Trinajstić information content (AvgIpc) is 2.80. The summed E-state index contributed by atoms with van der Waals surface area (Å²) in [6, 6.07) is 5.12. The van der Waals surface area contributed by atoms with Gasteiger partial charge in [0.1, 0.15) is 28.7 Å². The first kappa shape index (κ1) is 25.7. The van der Waals surface area contributed by atoms with Gasteiger partial charge in [0.15, 0.2) is 0 Å². The van der Waals surface area contributed by atoms with Crippen LogP contribution < -0.4 is 5.32 Å². The summed E-state index contributed by atoms with van der Waals surface area (Å²) in [5, 5.41) is 12.6. The summed E-state index contributed by atoms with van der Waals surface area (Å²) in [5.41, 5.74) is -1.82. The zero-order chi connectivity index (χ0) is 26.3. The van der Waals surface area contributed by atoms with E-state index in [-0.39, 0.29) is 59.4 Å². The van der Waals surface area contributed by atoms with Crippen molar-refractivity contribution in [1.29, 1.82) is 0 Å². The fourth-order valence-corrected chi connectivity index (χ4v) is 4.36. The maximum atomic E-state index is 14.7. The summed E-state index contributed by atoms with van der Waals surface area (Å²) in [6.45, 7) is 2.68. The molecule has 0 atom stereocenters. The van der Waals surface area contributed by atoms with Crippen molar-refractivity contribution in [2.75, 3.05) is 5.32 Å². The maximum Gasteiger partial charge on any atom is 0.257 e. The Kier molecular flexibility index (Phi) is 6.83. The van der Waals surface area contributed by atoms with Crippen LogP contribution in [0.5, 0.6) is 0 Å². The maximum absolute atomic E-state index is 14.7. The normalized spacial score (nSPS) is 16.1. The molecule has 0 radical (unpaired) electrons. The minimum Gasteiger partial charge on any atom is -0.384 e. The number of halogens is 5. The minimum absolute atomic E-state index is 0.0224. The third kappa shape index (κ3) is 5.38. The molecular formula is C26H24F5N3O2. The number of benzene rings is 1. The van der Waals surface area contributed by atoms with Gasteiger partial charge >= 0.3 is 0 Å². The van der Waals surface area contributed by atoms with Gasteiger partial charge in [0, 0.05) is 42.3 Å². The average molecular weight is 505 g/mol. The predicted molar refractivity (Wildman–Crippen MR) is 123 cm³/mol. The van der Waals surface area contributed by atoms with Crippen molar-refractivity contribution in [3.8, 4) is 11.1 Å². The number of carbonyl (C=O) groups is 1. The first-order chi connectivity index (χ1) is 16.9. The van der Waals surface area contributed by atoms with Crippen LogP contribution in [0.3, 0.4) is 0 Å². The lowest BCUT2D eigenvalue weighted by Crippen LogP contribution is -2.25. The lowest BCUT2D eigenvalue weighted by molar-refractivity contribution is -0.0384. The number of aromatic nitrogens is 2. The summed E-state index contributed by atoms with van der Waals surface area (Å²) in [4.78, 5) is 21.3. The number of carbonyl (C=O) groups excluding carboxylic acids is 1. The summed E-state index contributed by atoms with van der Waals surface area (Å²) in [7, 11) is 0. The van der Waals surface area contributed by atoms with Gasteiger partial charge in [-0.2, -0.15) is 0 Å². The second-order valence-corrected chi connectivity index (χ2v) is 9.44. The quantitative estimate of drug-likeness (QED) is 0.397. The predicted octanol–water partition coefficient (Wildman–Crippen LogP) is 6.33. The summed E-state index contributed by atoms with van der Waals surface area (Å²) >= 11 is 0. The van der Waals surface area contributed by atoms with E-state index in [4.69, 9.17) is 0 Å². The molecule has 3 aromatic rings. The Labute approximate surface area is 204 Å². The number of alkyl halides is 2. The van der Waals surface area contributed by atoms with Crippen molar-refractivity contribution in [3.05, 3.63) is 77.1 Å². The van der Waals surface area contributed by atoms with E-state index in [1.165, 1.54) is 26.1 Å². The summed E-state index contributed by atoms with van der Waals surface area (Å²) in [5.74, 6) is -6.49. The lowest BCUT2D eigenvalue weighted by atomic mass is 9.83. The van der Waals surface area contributed by atoms with Crippen LogP contribution in [0.4, 0.5) is 27.6 Å². The molecule has 36 heavy (non-hydrogen) atoms. The Bertz CT molecular complexity index is 1300. The lowest BCUT2D eigenvalue weighted by Gasteiger charge is -2.29. The van der Waals surface area contributed by atoms with Crippen LogP contribution in [0.1, 0.15) is 67.2 Å². The van der Waals surface area contributed by atoms with Crippen LogP contribution >= 0.6 is 0 Å². The fraction of sp³-hybridized carbons (Fsp3) is 0.346. The molecule has 1 amide bonds. The van der Waals surface area contributed by atoms with Crippen LogP contribution in [0, 0.1) is 17.5 Å². The van der Waals surface area contributed by atoms with Gasteiger partial charge in [-0.15, -0.1) is 0 Å². The topological polar surface area (TPSA) is 75.1 Å². The van der Waals surface area contributed by atoms with Gasteiger partial charge < -0.3 is 10.4 Å². The fourth-order valence-electron chi connectivity index (χ4n) is 4.36. The number of aliphatic hydroxyl groups is 1. The Morgan fingerprint density at radius 2 is 1.72 bits per heavy atom. The molecule has 0 aliphatic heterocycles. The molecule has 2 N–H and O–H groups in total. The SMILES string of the molecule is CC(C)(O)c1ncc(C(=O)Nc2c(-c3cc(F)ccc3F)ccnc2C2CCC(F)(F)CC2)cc1F. The number of nitrogens with one attached hydrogen (secondary N) is 1. The van der Waals surface area contributed by atoms with E-state index in [9.17, 15) is 31.9 Å². The van der Waals surface area contributed by atoms with Gasteiger partial charge in [0.25, 0.3) is 5.91 Å². The van der Waals surface area contributed by atoms with Crippen molar-refractivity contribution in [3.63, 3.8) is 0 Å². The number of hydrogen-bond acceptors (Lipinski definition) is 4. The molecule has 1 fully saturated rings. The Balaban J connectivity index is 1.78. The molecule has 0 spiro atoms. The highest BCUT2D eigenvalue weighted by molar-refractivity contribution is 6.06. The molecule has 1 aliphatic rings. The van der Waals surface area contributed by atoms with Crippen LogP contribution in [0.25, 0.3) is 11.1 Å². The third-order valence-corrected chi connectivity index (χ3v) is 6.22. The molecular weight excluding hydrogens is 481 g/mol. The van der Waals surface area contributed by atoms with Crippen LogP contribution in [0.15, 0.2) is 42.7 Å². The van der Waals surface area contributed by atoms with E-state index in [0.29, 0.717) is 0 Å². The number of amides is 1. The van der Waals surface area contributed by atoms with Gasteiger partial charge in [-0.25, -0.2) is 22.0 Å². The Morgan fingerprint density at radius 1 is 1.03 bits per heavy atom. The molecule has 1 aliphatic carbocycles. The number of nitrogens with zero attached hydrogens (tertiary/aromatic N) is 2. The van der Waals surface area contributed by atoms with Gasteiger partial charge in [-0.1, -0.05) is 0 Å². The second kappa shape index (κ2) is 9.57. The van der Waals surface area contributed by atoms with Crippen molar-refractivity contribution in [2.24, 2.45) is 0 Å². The highest BCUT2D eigenvalue weighted by atomic mass is 19.3. The third-order valence-electron chi connectivity index (χ3n) is 6.22. The Hall–Kier alpha value is -3.40. The van der Waals surface area contributed by atoms with E-state index in [1.54, 1.807) is 0 Å². The molecule has 2 aromatic heterocycles. The number of rotatable bonds is 5. The molecule has 10 heteroatoms. The molecule has 0 bridgehead atoms. The molecule has 5 nitrogen and oxygen atoms in total.